The molecule has 52 heavy (non-hydrogen) atoms. The van der Waals surface area contributed by atoms with Crippen LogP contribution < -0.4 is 0 Å². The highest BCUT2D eigenvalue weighted by atomic mass is 16.5. The number of rotatable bonds is 6. The molecule has 0 atom stereocenters. The molecule has 6 aromatic rings. The van der Waals surface area contributed by atoms with E-state index in [-0.39, 0.29) is 0 Å². The van der Waals surface area contributed by atoms with Crippen LogP contribution in [0.3, 0.4) is 0 Å². The largest absolute Gasteiger partial charge is 0.449 e. The first-order chi connectivity index (χ1) is 24.8. The molecule has 0 unspecified atom stereocenters. The number of fused-ring (bicyclic) bond motifs is 1. The third kappa shape index (κ3) is 16.3. The highest BCUT2D eigenvalue weighted by molar-refractivity contribution is 5.72. The number of aliphatic imine (C=N–C) groups is 1. The molecule has 282 valence electrons. The minimum atomic E-state index is 0.345. The minimum Gasteiger partial charge on any atom is -0.449 e. The van der Waals surface area contributed by atoms with E-state index in [1.807, 2.05) is 70.3 Å². The number of benzene rings is 1. The molecule has 12 heteroatoms. The summed E-state index contributed by atoms with van der Waals surface area (Å²) in [6.45, 7) is 24.9. The van der Waals surface area contributed by atoms with Crippen LogP contribution in [0.25, 0.3) is 11.1 Å². The number of nitrogens with zero attached hydrogens (tertiary/aromatic N) is 7. The van der Waals surface area contributed by atoms with Gasteiger partial charge in [-0.15, -0.1) is 0 Å². The Morgan fingerprint density at radius 1 is 0.615 bits per heavy atom. The second-order valence-corrected chi connectivity index (χ2v) is 13.6. The van der Waals surface area contributed by atoms with Crippen LogP contribution in [0.4, 0.5) is 0 Å². The maximum Gasteiger partial charge on any atom is 0.228 e. The lowest BCUT2D eigenvalue weighted by atomic mass is 10.1. The van der Waals surface area contributed by atoms with Gasteiger partial charge in [0.1, 0.15) is 23.8 Å². The summed E-state index contributed by atoms with van der Waals surface area (Å²) in [5, 5.41) is 10.8. The summed E-state index contributed by atoms with van der Waals surface area (Å²) in [5.41, 5.74) is 4.08. The lowest BCUT2D eigenvalue weighted by Gasteiger charge is -1.98. The Kier molecular flexibility index (Phi) is 19.3. The van der Waals surface area contributed by atoms with Gasteiger partial charge in [-0.1, -0.05) is 117 Å². The average molecular weight is 716 g/mol. The lowest BCUT2D eigenvalue weighted by Crippen LogP contribution is -1.85. The van der Waals surface area contributed by atoms with Gasteiger partial charge < -0.3 is 22.4 Å². The first-order valence-electron chi connectivity index (χ1n) is 17.8. The number of allylic oxidation sites excluding steroid dienone is 2. The number of para-hydroxylation sites is 2. The van der Waals surface area contributed by atoms with Gasteiger partial charge in [0.05, 0.1) is 18.1 Å². The van der Waals surface area contributed by atoms with E-state index in [0.717, 1.165) is 40.8 Å². The van der Waals surface area contributed by atoms with E-state index >= 15 is 0 Å². The van der Waals surface area contributed by atoms with Crippen molar-refractivity contribution in [3.05, 3.63) is 109 Å². The van der Waals surface area contributed by atoms with Crippen LogP contribution in [0.15, 0.2) is 107 Å². The first-order valence-corrected chi connectivity index (χ1v) is 17.8. The second kappa shape index (κ2) is 23.4. The Hall–Kier alpha value is -5.13. The molecule has 0 fully saturated rings. The number of oxazole rings is 2. The fourth-order valence-electron chi connectivity index (χ4n) is 3.90. The molecule has 0 saturated carbocycles. The van der Waals surface area contributed by atoms with Gasteiger partial charge in [0.25, 0.3) is 0 Å². The van der Waals surface area contributed by atoms with Crippen molar-refractivity contribution in [2.75, 3.05) is 0 Å². The van der Waals surface area contributed by atoms with Crippen LogP contribution in [0.2, 0.25) is 0 Å². The SMILES string of the molecule is CC(C)C1=CCC=N1.CC(C)c1ccno1.CC(C)c1ccon1.CC(C)c1nc2ccccc2o1.CC(C)c1ncco1.CC(C)c1ncno1. The fraction of sp³-hybridized carbons (Fsp3) is 0.475. The summed E-state index contributed by atoms with van der Waals surface area (Å²) in [4.78, 5) is 16.3. The van der Waals surface area contributed by atoms with E-state index in [1.54, 1.807) is 24.9 Å². The predicted molar refractivity (Wildman–Crippen MR) is 204 cm³/mol. The summed E-state index contributed by atoms with van der Waals surface area (Å²) < 4.78 is 24.7. The molecule has 0 aliphatic carbocycles. The van der Waals surface area contributed by atoms with E-state index in [9.17, 15) is 0 Å². The minimum absolute atomic E-state index is 0.345. The Labute approximate surface area is 308 Å². The Morgan fingerprint density at radius 3 is 1.67 bits per heavy atom. The summed E-state index contributed by atoms with van der Waals surface area (Å²) in [7, 11) is 0. The third-order valence-corrected chi connectivity index (χ3v) is 6.96. The van der Waals surface area contributed by atoms with Crippen molar-refractivity contribution in [1.82, 2.24) is 30.4 Å². The fourth-order valence-corrected chi connectivity index (χ4v) is 3.90. The molecule has 1 aromatic carbocycles. The van der Waals surface area contributed by atoms with Crippen molar-refractivity contribution in [3.8, 4) is 0 Å². The van der Waals surface area contributed by atoms with Gasteiger partial charge in [-0.05, 0) is 24.0 Å². The van der Waals surface area contributed by atoms with E-state index in [4.69, 9.17) is 17.9 Å². The van der Waals surface area contributed by atoms with Crippen LogP contribution in [0.5, 0.6) is 0 Å². The molecule has 0 spiro atoms. The molecule has 0 radical (unpaired) electrons. The molecule has 5 aromatic heterocycles. The summed E-state index contributed by atoms with van der Waals surface area (Å²) in [5.74, 6) is 5.93. The van der Waals surface area contributed by atoms with Crippen LogP contribution in [0.1, 0.15) is 148 Å². The van der Waals surface area contributed by atoms with Crippen molar-refractivity contribution in [3.63, 3.8) is 0 Å². The third-order valence-electron chi connectivity index (χ3n) is 6.96. The van der Waals surface area contributed by atoms with Gasteiger partial charge in [0.15, 0.2) is 23.7 Å². The van der Waals surface area contributed by atoms with E-state index in [1.165, 1.54) is 12.0 Å². The van der Waals surface area contributed by atoms with Gasteiger partial charge in [-0.3, -0.25) is 4.99 Å². The zero-order valence-corrected chi connectivity index (χ0v) is 32.8. The maximum atomic E-state index is 5.52. The molecule has 6 heterocycles. The molecular formula is C40H57N7O5. The number of hydrogen-bond donors (Lipinski definition) is 0. The molecule has 0 bridgehead atoms. The van der Waals surface area contributed by atoms with Crippen LogP contribution >= 0.6 is 0 Å². The normalized spacial score (nSPS) is 11.7. The predicted octanol–water partition coefficient (Wildman–Crippen LogP) is 11.5. The van der Waals surface area contributed by atoms with Crippen molar-refractivity contribution in [1.29, 1.82) is 0 Å². The zero-order valence-electron chi connectivity index (χ0n) is 32.8. The maximum absolute atomic E-state index is 5.52. The van der Waals surface area contributed by atoms with E-state index in [0.29, 0.717) is 41.4 Å². The average Bonchev–Trinajstić information content (AvgIpc) is 3.98. The molecule has 1 aliphatic rings. The second-order valence-electron chi connectivity index (χ2n) is 13.6. The van der Waals surface area contributed by atoms with Gasteiger partial charge in [-0.2, -0.15) is 4.98 Å². The molecule has 0 amide bonds. The van der Waals surface area contributed by atoms with Crippen molar-refractivity contribution in [2.24, 2.45) is 10.9 Å². The number of hydrogen-bond acceptors (Lipinski definition) is 12. The zero-order chi connectivity index (χ0) is 38.5. The highest BCUT2D eigenvalue weighted by Crippen LogP contribution is 2.20. The van der Waals surface area contributed by atoms with Gasteiger partial charge >= 0.3 is 0 Å². The molecule has 0 N–H and O–H groups in total. The summed E-state index contributed by atoms with van der Waals surface area (Å²) in [6.07, 6.45) is 13.1. The van der Waals surface area contributed by atoms with Gasteiger partial charge in [0, 0.05) is 54.1 Å². The van der Waals surface area contributed by atoms with Gasteiger partial charge in [0.2, 0.25) is 5.89 Å². The standard InChI is InChI=1S/C10H11NO.C7H11N.3C6H9NO.C5H8N2O/c1-7(2)10-11-8-5-3-4-6-9(8)12-10;1-6(2)7-4-3-5-8-7;1-5(2)6-7-3-4-8-6;1-5(2)6-3-4-8-7-6;1-5(2)6-3-4-7-8-6;1-4(2)5-6-3-7-8-5/h3-7H,1-2H3;4-6H,3H2,1-2H3;3*3-5H,1-2H3;3-4H,1-2H3. The van der Waals surface area contributed by atoms with E-state index < -0.39 is 0 Å². The smallest absolute Gasteiger partial charge is 0.228 e. The van der Waals surface area contributed by atoms with Gasteiger partial charge in [-0.25, -0.2) is 9.97 Å². The molecular weight excluding hydrogens is 658 g/mol. The number of aromatic nitrogens is 6. The first kappa shape index (κ1) is 43.0. The summed E-state index contributed by atoms with van der Waals surface area (Å²) in [6, 6.07) is 11.6. The summed E-state index contributed by atoms with van der Waals surface area (Å²) >= 11 is 0. The van der Waals surface area contributed by atoms with Crippen molar-refractivity contribution in [2.45, 2.75) is 119 Å². The quantitative estimate of drug-likeness (QED) is 0.162. The topological polar surface area (TPSA) is 155 Å². The monoisotopic (exact) mass is 715 g/mol. The molecule has 0 saturated heterocycles. The van der Waals surface area contributed by atoms with Crippen molar-refractivity contribution >= 4 is 17.3 Å². The molecule has 12 nitrogen and oxygen atoms in total. The van der Waals surface area contributed by atoms with E-state index in [2.05, 4.69) is 101 Å². The molecule has 7 rings (SSSR count). The van der Waals surface area contributed by atoms with Crippen molar-refractivity contribution < 1.29 is 22.4 Å². The molecule has 1 aliphatic heterocycles. The highest BCUT2D eigenvalue weighted by Gasteiger charge is 2.08. The lowest BCUT2D eigenvalue weighted by molar-refractivity contribution is 0.364. The van der Waals surface area contributed by atoms with Crippen LogP contribution in [0, 0.1) is 5.92 Å². The van der Waals surface area contributed by atoms with Crippen LogP contribution in [-0.2, 0) is 0 Å². The Bertz CT molecular complexity index is 1580. The van der Waals surface area contributed by atoms with Crippen LogP contribution in [-0.4, -0.2) is 36.6 Å². The Morgan fingerprint density at radius 2 is 1.33 bits per heavy atom. The Balaban J connectivity index is 0.000000218.